The van der Waals surface area contributed by atoms with E-state index in [1.807, 2.05) is 0 Å². The molecule has 0 aromatic carbocycles. The molecule has 0 aromatic rings. The van der Waals surface area contributed by atoms with E-state index in [1.165, 1.54) is 25.7 Å². The molecule has 3 unspecified atom stereocenters. The number of likely N-dealkylation sites (tertiary alicyclic amines) is 1. The molecule has 2 aliphatic rings. The lowest BCUT2D eigenvalue weighted by Crippen LogP contribution is -2.50. The van der Waals surface area contributed by atoms with E-state index in [-0.39, 0.29) is 0 Å². The number of carboxylic acid groups (broad SMARTS) is 1. The molecule has 3 atom stereocenters. The summed E-state index contributed by atoms with van der Waals surface area (Å²) in [6, 6.07) is 0.654. The molecule has 1 N–H and O–H groups in total. The second kappa shape index (κ2) is 6.25. The van der Waals surface area contributed by atoms with Gasteiger partial charge in [-0.2, -0.15) is 0 Å². The van der Waals surface area contributed by atoms with Crippen LogP contribution in [0.5, 0.6) is 0 Å². The van der Waals surface area contributed by atoms with Gasteiger partial charge in [0.1, 0.15) is 0 Å². The number of nitrogens with zero attached hydrogens (tertiary/aromatic N) is 1. The van der Waals surface area contributed by atoms with Crippen molar-refractivity contribution < 1.29 is 9.90 Å². The molecular formula is C16H29NO2. The summed E-state index contributed by atoms with van der Waals surface area (Å²) in [4.78, 5) is 14.2. The summed E-state index contributed by atoms with van der Waals surface area (Å²) < 4.78 is 0. The molecule has 2 rings (SSSR count). The smallest absolute Gasteiger partial charge is 0.310 e. The number of hydrogen-bond acceptors (Lipinski definition) is 2. The van der Waals surface area contributed by atoms with Gasteiger partial charge in [-0.3, -0.25) is 9.69 Å². The standard InChI is InChI=1S/C16H29NO2/c1-3-8-16(15(18)19)9-5-10-17(12-16)14-7-6-13(4-2)11-14/h13-14H,3-12H2,1-2H3,(H,18,19). The van der Waals surface area contributed by atoms with Crippen LogP contribution < -0.4 is 0 Å². The third-order valence-electron chi connectivity index (χ3n) is 5.40. The number of piperidine rings is 1. The molecule has 1 saturated heterocycles. The van der Waals surface area contributed by atoms with Crippen LogP contribution in [0.3, 0.4) is 0 Å². The summed E-state index contributed by atoms with van der Waals surface area (Å²) in [7, 11) is 0. The van der Waals surface area contributed by atoms with E-state index in [0.29, 0.717) is 6.04 Å². The van der Waals surface area contributed by atoms with Crippen molar-refractivity contribution in [2.75, 3.05) is 13.1 Å². The van der Waals surface area contributed by atoms with Gasteiger partial charge in [-0.15, -0.1) is 0 Å². The topological polar surface area (TPSA) is 40.5 Å². The van der Waals surface area contributed by atoms with E-state index in [2.05, 4.69) is 18.7 Å². The summed E-state index contributed by atoms with van der Waals surface area (Å²) in [5, 5.41) is 9.65. The Morgan fingerprint density at radius 2 is 2.16 bits per heavy atom. The van der Waals surface area contributed by atoms with Crippen LogP contribution in [0.15, 0.2) is 0 Å². The van der Waals surface area contributed by atoms with Crippen LogP contribution in [0.25, 0.3) is 0 Å². The van der Waals surface area contributed by atoms with Gasteiger partial charge in [0.05, 0.1) is 5.41 Å². The molecular weight excluding hydrogens is 238 g/mol. The van der Waals surface area contributed by atoms with Crippen LogP contribution in [0.2, 0.25) is 0 Å². The fourth-order valence-electron chi connectivity index (χ4n) is 4.19. The average Bonchev–Trinajstić information content (AvgIpc) is 2.88. The van der Waals surface area contributed by atoms with Gasteiger partial charge in [0.25, 0.3) is 0 Å². The van der Waals surface area contributed by atoms with E-state index in [4.69, 9.17) is 0 Å². The number of hydrogen-bond donors (Lipinski definition) is 1. The largest absolute Gasteiger partial charge is 0.481 e. The Bertz CT molecular complexity index is 314. The van der Waals surface area contributed by atoms with Crippen molar-refractivity contribution in [1.29, 1.82) is 0 Å². The Morgan fingerprint density at radius 1 is 1.37 bits per heavy atom. The van der Waals surface area contributed by atoms with Crippen LogP contribution in [-0.4, -0.2) is 35.1 Å². The van der Waals surface area contributed by atoms with Crippen molar-refractivity contribution in [3.63, 3.8) is 0 Å². The molecule has 0 bridgehead atoms. The van der Waals surface area contributed by atoms with E-state index in [0.717, 1.165) is 44.7 Å². The quantitative estimate of drug-likeness (QED) is 0.828. The first-order valence-electron chi connectivity index (χ1n) is 8.08. The zero-order chi connectivity index (χ0) is 13.9. The van der Waals surface area contributed by atoms with Crippen molar-refractivity contribution in [1.82, 2.24) is 4.90 Å². The second-order valence-electron chi connectivity index (χ2n) is 6.65. The molecule has 0 radical (unpaired) electrons. The predicted octanol–water partition coefficient (Wildman–Crippen LogP) is 3.53. The lowest BCUT2D eigenvalue weighted by Gasteiger charge is -2.42. The van der Waals surface area contributed by atoms with Crippen LogP contribution in [0, 0.1) is 11.3 Å². The summed E-state index contributed by atoms with van der Waals surface area (Å²) >= 11 is 0. The molecule has 1 aliphatic carbocycles. The molecule has 0 spiro atoms. The normalized spacial score (nSPS) is 36.5. The summed E-state index contributed by atoms with van der Waals surface area (Å²) in [5.74, 6) is 0.307. The van der Waals surface area contributed by atoms with Crippen molar-refractivity contribution in [3.05, 3.63) is 0 Å². The maximum Gasteiger partial charge on any atom is 0.310 e. The van der Waals surface area contributed by atoms with Crippen molar-refractivity contribution in [2.45, 2.75) is 71.3 Å². The minimum Gasteiger partial charge on any atom is -0.481 e. The Morgan fingerprint density at radius 3 is 2.74 bits per heavy atom. The maximum absolute atomic E-state index is 11.7. The third kappa shape index (κ3) is 3.13. The zero-order valence-corrected chi connectivity index (χ0v) is 12.5. The SMILES string of the molecule is CCCC1(C(=O)O)CCCN(C2CCC(CC)C2)C1. The van der Waals surface area contributed by atoms with Crippen molar-refractivity contribution in [2.24, 2.45) is 11.3 Å². The number of carbonyl (C=O) groups is 1. The van der Waals surface area contributed by atoms with Gasteiger partial charge in [0.15, 0.2) is 0 Å². The molecule has 19 heavy (non-hydrogen) atoms. The average molecular weight is 267 g/mol. The summed E-state index contributed by atoms with van der Waals surface area (Å²) in [6.45, 7) is 6.28. The number of carboxylic acids is 1. The molecule has 1 aliphatic heterocycles. The minimum atomic E-state index is -0.566. The van der Waals surface area contributed by atoms with E-state index in [9.17, 15) is 9.90 Å². The van der Waals surface area contributed by atoms with Gasteiger partial charge in [-0.1, -0.05) is 26.7 Å². The van der Waals surface area contributed by atoms with Gasteiger partial charge >= 0.3 is 5.97 Å². The Kier molecular flexibility index (Phi) is 4.88. The number of rotatable bonds is 5. The molecule has 1 saturated carbocycles. The van der Waals surface area contributed by atoms with Gasteiger partial charge in [-0.25, -0.2) is 0 Å². The van der Waals surface area contributed by atoms with E-state index in [1.54, 1.807) is 0 Å². The monoisotopic (exact) mass is 267 g/mol. The van der Waals surface area contributed by atoms with Crippen molar-refractivity contribution >= 4 is 5.97 Å². The van der Waals surface area contributed by atoms with E-state index >= 15 is 0 Å². The lowest BCUT2D eigenvalue weighted by molar-refractivity contribution is -0.154. The lowest BCUT2D eigenvalue weighted by atomic mass is 9.76. The molecule has 0 aromatic heterocycles. The molecule has 110 valence electrons. The molecule has 3 heteroatoms. The molecule has 2 fully saturated rings. The first-order valence-corrected chi connectivity index (χ1v) is 8.08. The number of aliphatic carboxylic acids is 1. The highest BCUT2D eigenvalue weighted by molar-refractivity contribution is 5.75. The first-order chi connectivity index (χ1) is 9.11. The van der Waals surface area contributed by atoms with Crippen LogP contribution >= 0.6 is 0 Å². The maximum atomic E-state index is 11.7. The Labute approximate surface area is 117 Å². The highest BCUT2D eigenvalue weighted by atomic mass is 16.4. The van der Waals surface area contributed by atoms with Gasteiger partial charge in [0.2, 0.25) is 0 Å². The third-order valence-corrected chi connectivity index (χ3v) is 5.40. The van der Waals surface area contributed by atoms with Gasteiger partial charge in [-0.05, 0) is 51.0 Å². The molecule has 0 amide bonds. The van der Waals surface area contributed by atoms with Gasteiger partial charge in [0, 0.05) is 12.6 Å². The highest BCUT2D eigenvalue weighted by Crippen LogP contribution is 2.39. The van der Waals surface area contributed by atoms with E-state index < -0.39 is 11.4 Å². The summed E-state index contributed by atoms with van der Waals surface area (Å²) in [6.07, 6.45) is 8.93. The fraction of sp³-hybridized carbons (Fsp3) is 0.938. The van der Waals surface area contributed by atoms with Crippen LogP contribution in [0.4, 0.5) is 0 Å². The van der Waals surface area contributed by atoms with Crippen LogP contribution in [-0.2, 0) is 4.79 Å². The first kappa shape index (κ1) is 14.8. The van der Waals surface area contributed by atoms with Gasteiger partial charge < -0.3 is 5.11 Å². The second-order valence-corrected chi connectivity index (χ2v) is 6.65. The fourth-order valence-corrected chi connectivity index (χ4v) is 4.19. The molecule has 3 nitrogen and oxygen atoms in total. The zero-order valence-electron chi connectivity index (χ0n) is 12.5. The van der Waals surface area contributed by atoms with Crippen molar-refractivity contribution in [3.8, 4) is 0 Å². The van der Waals surface area contributed by atoms with Crippen LogP contribution in [0.1, 0.15) is 65.2 Å². The Hall–Kier alpha value is -0.570. The minimum absolute atomic E-state index is 0.461. The highest BCUT2D eigenvalue weighted by Gasteiger charge is 2.43. The molecule has 1 heterocycles. The predicted molar refractivity (Wildman–Crippen MR) is 77.2 cm³/mol. The summed E-state index contributed by atoms with van der Waals surface area (Å²) in [5.41, 5.74) is -0.461. The Balaban J connectivity index is 2.01.